The van der Waals surface area contributed by atoms with Crippen molar-refractivity contribution < 1.29 is 5.11 Å². The zero-order valence-corrected chi connectivity index (χ0v) is 9.45. The fraction of sp³-hybridized carbons (Fsp3) is 0.250. The Kier molecular flexibility index (Phi) is 2.60. The first-order valence-corrected chi connectivity index (χ1v) is 4.76. The Morgan fingerprint density at radius 3 is 2.18 bits per heavy atom. The molecule has 1 rings (SSSR count). The third-order valence-electron chi connectivity index (χ3n) is 1.76. The van der Waals surface area contributed by atoms with Crippen molar-refractivity contribution in [2.24, 2.45) is 0 Å². The first-order chi connectivity index (χ1) is 5.04. The summed E-state index contributed by atoms with van der Waals surface area (Å²) in [5, 5.41) is 9.44. The van der Waals surface area contributed by atoms with E-state index in [-0.39, 0.29) is 0 Å². The molecule has 0 unspecified atom stereocenters. The zero-order chi connectivity index (χ0) is 8.59. The average molecular weight is 280 g/mol. The molecule has 1 N–H and O–H groups in total. The maximum absolute atomic E-state index is 9.44. The van der Waals surface area contributed by atoms with Crippen LogP contribution in [-0.2, 0) is 0 Å². The molecule has 0 heterocycles. The van der Waals surface area contributed by atoms with Crippen LogP contribution in [0.5, 0.6) is 5.75 Å². The molecule has 0 spiro atoms. The van der Waals surface area contributed by atoms with Crippen LogP contribution in [0.15, 0.2) is 15.0 Å². The Bertz CT molecular complexity index is 268. The SMILES string of the molecule is Cc1c(Br)cc(Br)c(O)c1C. The van der Waals surface area contributed by atoms with E-state index < -0.39 is 0 Å². The Balaban J connectivity index is 3.46. The largest absolute Gasteiger partial charge is 0.506 e. The molecule has 0 aromatic heterocycles. The maximum atomic E-state index is 9.44. The van der Waals surface area contributed by atoms with Gasteiger partial charge in [-0.25, -0.2) is 0 Å². The third kappa shape index (κ3) is 1.59. The fourth-order valence-electron chi connectivity index (χ4n) is 0.824. The van der Waals surface area contributed by atoms with Gasteiger partial charge >= 0.3 is 0 Å². The van der Waals surface area contributed by atoms with E-state index in [2.05, 4.69) is 31.9 Å². The van der Waals surface area contributed by atoms with E-state index in [1.165, 1.54) is 0 Å². The summed E-state index contributed by atoms with van der Waals surface area (Å²) in [6.45, 7) is 3.85. The van der Waals surface area contributed by atoms with Gasteiger partial charge in [0.2, 0.25) is 0 Å². The summed E-state index contributed by atoms with van der Waals surface area (Å²) < 4.78 is 1.74. The highest BCUT2D eigenvalue weighted by Crippen LogP contribution is 2.34. The Labute approximate surface area is 82.7 Å². The number of rotatable bonds is 0. The molecular weight excluding hydrogens is 272 g/mol. The zero-order valence-electron chi connectivity index (χ0n) is 6.28. The minimum absolute atomic E-state index is 0.325. The Hall–Kier alpha value is -0.0200. The summed E-state index contributed by atoms with van der Waals surface area (Å²) >= 11 is 6.64. The minimum Gasteiger partial charge on any atom is -0.506 e. The van der Waals surface area contributed by atoms with Gasteiger partial charge in [0.1, 0.15) is 5.75 Å². The molecule has 1 nitrogen and oxygen atoms in total. The van der Waals surface area contributed by atoms with Gasteiger partial charge in [-0.2, -0.15) is 0 Å². The van der Waals surface area contributed by atoms with E-state index in [1.807, 2.05) is 19.9 Å². The number of halogens is 2. The van der Waals surface area contributed by atoms with E-state index in [0.717, 1.165) is 20.1 Å². The Morgan fingerprint density at radius 2 is 1.64 bits per heavy atom. The van der Waals surface area contributed by atoms with E-state index in [4.69, 9.17) is 0 Å². The van der Waals surface area contributed by atoms with Crippen LogP contribution in [0.25, 0.3) is 0 Å². The summed E-state index contributed by atoms with van der Waals surface area (Å²) in [5.41, 5.74) is 1.98. The molecule has 0 saturated carbocycles. The molecule has 0 radical (unpaired) electrons. The van der Waals surface area contributed by atoms with Gasteiger partial charge in [0.25, 0.3) is 0 Å². The van der Waals surface area contributed by atoms with E-state index in [1.54, 1.807) is 0 Å². The minimum atomic E-state index is 0.325. The van der Waals surface area contributed by atoms with E-state index >= 15 is 0 Å². The lowest BCUT2D eigenvalue weighted by Crippen LogP contribution is -1.84. The van der Waals surface area contributed by atoms with Gasteiger partial charge in [0.05, 0.1) is 4.47 Å². The fourth-order valence-corrected chi connectivity index (χ4v) is 2.18. The van der Waals surface area contributed by atoms with Crippen LogP contribution in [-0.4, -0.2) is 5.11 Å². The lowest BCUT2D eigenvalue weighted by atomic mass is 10.1. The average Bonchev–Trinajstić information content (AvgIpc) is 1.97. The first-order valence-electron chi connectivity index (χ1n) is 3.18. The number of hydrogen-bond donors (Lipinski definition) is 1. The Morgan fingerprint density at radius 1 is 1.09 bits per heavy atom. The number of aromatic hydroxyl groups is 1. The topological polar surface area (TPSA) is 20.2 Å². The number of benzene rings is 1. The van der Waals surface area contributed by atoms with Gasteiger partial charge in [-0.15, -0.1) is 0 Å². The van der Waals surface area contributed by atoms with E-state index in [9.17, 15) is 5.11 Å². The van der Waals surface area contributed by atoms with Crippen molar-refractivity contribution in [1.82, 2.24) is 0 Å². The summed E-state index contributed by atoms with van der Waals surface area (Å²) in [5.74, 6) is 0.325. The summed E-state index contributed by atoms with van der Waals surface area (Å²) in [6.07, 6.45) is 0. The molecule has 1 aromatic carbocycles. The summed E-state index contributed by atoms with van der Waals surface area (Å²) in [6, 6.07) is 1.84. The van der Waals surface area contributed by atoms with Crippen molar-refractivity contribution in [3.8, 4) is 5.75 Å². The molecule has 0 aliphatic carbocycles. The van der Waals surface area contributed by atoms with Crippen molar-refractivity contribution in [3.63, 3.8) is 0 Å². The smallest absolute Gasteiger partial charge is 0.133 e. The van der Waals surface area contributed by atoms with Crippen molar-refractivity contribution in [3.05, 3.63) is 26.1 Å². The van der Waals surface area contributed by atoms with Crippen LogP contribution in [0.4, 0.5) is 0 Å². The standard InChI is InChI=1S/C8H8Br2O/c1-4-5(2)8(11)7(10)3-6(4)9/h3,11H,1-2H3. The summed E-state index contributed by atoms with van der Waals surface area (Å²) in [4.78, 5) is 0. The van der Waals surface area contributed by atoms with Gasteiger partial charge in [-0.3, -0.25) is 0 Å². The first kappa shape index (κ1) is 9.07. The van der Waals surface area contributed by atoms with Gasteiger partial charge in [-0.05, 0) is 47.0 Å². The molecule has 0 amide bonds. The van der Waals surface area contributed by atoms with E-state index in [0.29, 0.717) is 5.75 Å². The number of phenols is 1. The maximum Gasteiger partial charge on any atom is 0.133 e. The lowest BCUT2D eigenvalue weighted by molar-refractivity contribution is 0.467. The van der Waals surface area contributed by atoms with Crippen LogP contribution >= 0.6 is 31.9 Å². The lowest BCUT2D eigenvalue weighted by Gasteiger charge is -2.06. The molecule has 0 fully saturated rings. The number of phenolic OH excluding ortho intramolecular Hbond substituents is 1. The van der Waals surface area contributed by atoms with Crippen LogP contribution in [0.2, 0.25) is 0 Å². The predicted octanol–water partition coefficient (Wildman–Crippen LogP) is 3.53. The monoisotopic (exact) mass is 278 g/mol. The highest BCUT2D eigenvalue weighted by atomic mass is 79.9. The van der Waals surface area contributed by atoms with Gasteiger partial charge in [0, 0.05) is 4.47 Å². The number of hydrogen-bond acceptors (Lipinski definition) is 1. The molecule has 60 valence electrons. The molecule has 3 heteroatoms. The molecule has 0 aliphatic heterocycles. The highest BCUT2D eigenvalue weighted by molar-refractivity contribution is 9.11. The van der Waals surface area contributed by atoms with Crippen molar-refractivity contribution >= 4 is 31.9 Å². The summed E-state index contributed by atoms with van der Waals surface area (Å²) in [7, 11) is 0. The molecule has 1 aromatic rings. The van der Waals surface area contributed by atoms with Crippen LogP contribution in [0.3, 0.4) is 0 Å². The van der Waals surface area contributed by atoms with Gasteiger partial charge in [0.15, 0.2) is 0 Å². The second-order valence-electron chi connectivity index (χ2n) is 2.44. The predicted molar refractivity (Wildman–Crippen MR) is 53.0 cm³/mol. The van der Waals surface area contributed by atoms with Crippen molar-refractivity contribution in [2.45, 2.75) is 13.8 Å². The van der Waals surface area contributed by atoms with Gasteiger partial charge in [-0.1, -0.05) is 15.9 Å². The van der Waals surface area contributed by atoms with Gasteiger partial charge < -0.3 is 5.11 Å². The second kappa shape index (κ2) is 3.15. The highest BCUT2D eigenvalue weighted by Gasteiger charge is 2.07. The molecular formula is C8H8Br2O. The second-order valence-corrected chi connectivity index (χ2v) is 4.15. The molecule has 11 heavy (non-hydrogen) atoms. The molecule has 0 atom stereocenters. The molecule has 0 saturated heterocycles. The van der Waals surface area contributed by atoms with Crippen LogP contribution in [0.1, 0.15) is 11.1 Å². The van der Waals surface area contributed by atoms with Crippen LogP contribution in [0, 0.1) is 13.8 Å². The van der Waals surface area contributed by atoms with Crippen molar-refractivity contribution in [2.75, 3.05) is 0 Å². The third-order valence-corrected chi connectivity index (χ3v) is 3.18. The molecule has 0 aliphatic rings. The quantitative estimate of drug-likeness (QED) is 0.770. The molecule has 0 bridgehead atoms. The van der Waals surface area contributed by atoms with Crippen molar-refractivity contribution in [1.29, 1.82) is 0 Å². The normalized spacial score (nSPS) is 10.2. The van der Waals surface area contributed by atoms with Crippen LogP contribution < -0.4 is 0 Å².